The number of imidazole rings is 1. The largest absolute Gasteiger partial charge is 0.507 e. The highest BCUT2D eigenvalue weighted by molar-refractivity contribution is 5.66. The number of nitrogens with zero attached hydrogens (tertiary/aromatic N) is 6. The summed E-state index contributed by atoms with van der Waals surface area (Å²) in [4.78, 5) is 10.5. The lowest BCUT2D eigenvalue weighted by molar-refractivity contribution is 0.476. The summed E-state index contributed by atoms with van der Waals surface area (Å²) in [5, 5.41) is 22.1. The lowest BCUT2D eigenvalue weighted by Crippen LogP contribution is -2.34. The molecule has 0 amide bonds. The molecule has 1 aliphatic heterocycles. The van der Waals surface area contributed by atoms with E-state index in [1.165, 1.54) is 0 Å². The smallest absolute Gasteiger partial charge is 0.185 e. The van der Waals surface area contributed by atoms with E-state index < -0.39 is 0 Å². The van der Waals surface area contributed by atoms with Crippen LogP contribution in [0.4, 0.5) is 5.82 Å². The number of aromatic hydroxyl groups is 1. The average molecular weight is 337 g/mol. The molecule has 3 aromatic rings. The first-order valence-corrected chi connectivity index (χ1v) is 8.17. The zero-order chi connectivity index (χ0) is 17.2. The highest BCUT2D eigenvalue weighted by Crippen LogP contribution is 2.28. The van der Waals surface area contributed by atoms with E-state index in [9.17, 15) is 5.11 Å². The van der Waals surface area contributed by atoms with Crippen molar-refractivity contribution in [3.05, 3.63) is 43.1 Å². The van der Waals surface area contributed by atoms with Crippen LogP contribution in [-0.4, -0.2) is 56.0 Å². The second-order valence-electron chi connectivity index (χ2n) is 6.07. The van der Waals surface area contributed by atoms with Gasteiger partial charge >= 0.3 is 0 Å². The number of hydrogen-bond acceptors (Lipinski definition) is 7. The first-order valence-electron chi connectivity index (χ1n) is 8.17. The number of likely N-dealkylation sites (N-methyl/N-ethyl adjacent to an activating group) is 1. The van der Waals surface area contributed by atoms with Crippen molar-refractivity contribution < 1.29 is 5.11 Å². The number of benzene rings is 1. The summed E-state index contributed by atoms with van der Waals surface area (Å²) < 4.78 is 1.82. The Morgan fingerprint density at radius 3 is 2.88 bits per heavy atom. The molecule has 3 heterocycles. The van der Waals surface area contributed by atoms with Gasteiger partial charge < -0.3 is 19.9 Å². The monoisotopic (exact) mass is 337 g/mol. The molecule has 8 heteroatoms. The maximum atomic E-state index is 10.3. The van der Waals surface area contributed by atoms with Gasteiger partial charge in [0.25, 0.3) is 0 Å². The summed E-state index contributed by atoms with van der Waals surface area (Å²) in [6, 6.07) is 5.73. The third-order valence-electron chi connectivity index (χ3n) is 4.52. The SMILES string of the molecule is CN(c1cnc(-c2ccc(-n3ccnc3)cc2O)nn1)C1CCNC1. The average Bonchev–Trinajstić information content (AvgIpc) is 3.35. The van der Waals surface area contributed by atoms with Crippen LogP contribution in [0.5, 0.6) is 5.75 Å². The number of phenolic OH excluding ortho intramolecular Hbond substituents is 1. The Kier molecular flexibility index (Phi) is 4.02. The van der Waals surface area contributed by atoms with Crippen molar-refractivity contribution in [2.24, 2.45) is 0 Å². The molecule has 25 heavy (non-hydrogen) atoms. The second-order valence-corrected chi connectivity index (χ2v) is 6.07. The molecule has 1 fully saturated rings. The van der Waals surface area contributed by atoms with Gasteiger partial charge in [-0.2, -0.15) is 0 Å². The molecule has 1 aliphatic rings. The summed E-state index contributed by atoms with van der Waals surface area (Å²) in [5.74, 6) is 1.23. The molecule has 8 nitrogen and oxygen atoms in total. The van der Waals surface area contributed by atoms with Crippen molar-refractivity contribution in [1.82, 2.24) is 30.0 Å². The molecule has 1 aromatic carbocycles. The number of nitrogens with one attached hydrogen (secondary N) is 1. The third-order valence-corrected chi connectivity index (χ3v) is 4.52. The second kappa shape index (κ2) is 6.48. The zero-order valence-electron chi connectivity index (χ0n) is 13.9. The van der Waals surface area contributed by atoms with Gasteiger partial charge in [-0.3, -0.25) is 0 Å². The molecule has 0 saturated carbocycles. The predicted octanol–water partition coefficient (Wildman–Crippen LogP) is 1.23. The maximum Gasteiger partial charge on any atom is 0.185 e. The summed E-state index contributed by atoms with van der Waals surface area (Å²) in [6.07, 6.45) is 7.96. The third kappa shape index (κ3) is 3.03. The Morgan fingerprint density at radius 1 is 1.32 bits per heavy atom. The van der Waals surface area contributed by atoms with Gasteiger partial charge in [0.05, 0.1) is 23.8 Å². The molecule has 0 bridgehead atoms. The normalized spacial score (nSPS) is 16.9. The molecule has 2 aromatic heterocycles. The van der Waals surface area contributed by atoms with Gasteiger partial charge in [-0.05, 0) is 25.1 Å². The van der Waals surface area contributed by atoms with E-state index in [2.05, 4.69) is 30.4 Å². The fraction of sp³-hybridized carbons (Fsp3) is 0.294. The van der Waals surface area contributed by atoms with Crippen LogP contribution in [0, 0.1) is 0 Å². The van der Waals surface area contributed by atoms with Crippen molar-refractivity contribution in [1.29, 1.82) is 0 Å². The van der Waals surface area contributed by atoms with Crippen LogP contribution < -0.4 is 10.2 Å². The van der Waals surface area contributed by atoms with Crippen LogP contribution in [0.2, 0.25) is 0 Å². The molecule has 2 N–H and O–H groups in total. The Bertz CT molecular complexity index is 842. The van der Waals surface area contributed by atoms with Gasteiger partial charge in [0.15, 0.2) is 11.6 Å². The lowest BCUT2D eigenvalue weighted by atomic mass is 10.1. The standard InChI is InChI=1S/C17H19N7O/c1-23(13-4-5-18-9-13)16-10-20-17(22-21-16)14-3-2-12(8-15(14)25)24-7-6-19-11-24/h2-3,6-8,10-11,13,18,25H,4-5,9H2,1H3. The summed E-state index contributed by atoms with van der Waals surface area (Å²) in [5.41, 5.74) is 1.37. The number of hydrogen-bond donors (Lipinski definition) is 2. The molecule has 0 spiro atoms. The predicted molar refractivity (Wildman–Crippen MR) is 93.7 cm³/mol. The van der Waals surface area contributed by atoms with E-state index in [1.807, 2.05) is 23.9 Å². The first-order chi connectivity index (χ1) is 12.2. The zero-order valence-corrected chi connectivity index (χ0v) is 13.9. The van der Waals surface area contributed by atoms with Crippen molar-refractivity contribution in [3.8, 4) is 22.8 Å². The van der Waals surface area contributed by atoms with Crippen molar-refractivity contribution in [3.63, 3.8) is 0 Å². The van der Waals surface area contributed by atoms with E-state index in [4.69, 9.17) is 0 Å². The molecular weight excluding hydrogens is 318 g/mol. The fourth-order valence-corrected chi connectivity index (χ4v) is 2.99. The van der Waals surface area contributed by atoms with Gasteiger partial charge in [0.2, 0.25) is 0 Å². The molecular formula is C17H19N7O. The van der Waals surface area contributed by atoms with Crippen LogP contribution in [0.1, 0.15) is 6.42 Å². The van der Waals surface area contributed by atoms with E-state index in [0.717, 1.165) is 31.0 Å². The quantitative estimate of drug-likeness (QED) is 0.740. The summed E-state index contributed by atoms with van der Waals surface area (Å²) >= 11 is 0. The highest BCUT2D eigenvalue weighted by atomic mass is 16.3. The van der Waals surface area contributed by atoms with Crippen LogP contribution in [0.3, 0.4) is 0 Å². The number of aromatic nitrogens is 5. The van der Waals surface area contributed by atoms with Crippen LogP contribution >= 0.6 is 0 Å². The fourth-order valence-electron chi connectivity index (χ4n) is 2.99. The molecule has 0 radical (unpaired) electrons. The Labute approximate surface area is 145 Å². The first kappa shape index (κ1) is 15.5. The van der Waals surface area contributed by atoms with Gasteiger partial charge in [-0.25, -0.2) is 9.97 Å². The van der Waals surface area contributed by atoms with E-state index in [-0.39, 0.29) is 5.75 Å². The minimum absolute atomic E-state index is 0.106. The number of phenols is 1. The minimum atomic E-state index is 0.106. The summed E-state index contributed by atoms with van der Waals surface area (Å²) in [6.45, 7) is 1.96. The Hall–Kier alpha value is -3.00. The molecule has 1 unspecified atom stereocenters. The number of rotatable bonds is 4. The molecule has 1 saturated heterocycles. The lowest BCUT2D eigenvalue weighted by Gasteiger charge is -2.23. The highest BCUT2D eigenvalue weighted by Gasteiger charge is 2.21. The van der Waals surface area contributed by atoms with Gasteiger partial charge in [0, 0.05) is 38.1 Å². The van der Waals surface area contributed by atoms with E-state index >= 15 is 0 Å². The van der Waals surface area contributed by atoms with E-state index in [0.29, 0.717) is 17.4 Å². The molecule has 4 rings (SSSR count). The van der Waals surface area contributed by atoms with Gasteiger partial charge in [0.1, 0.15) is 5.75 Å². The molecule has 1 atom stereocenters. The number of anilines is 1. The molecule has 0 aliphatic carbocycles. The van der Waals surface area contributed by atoms with Gasteiger partial charge in [-0.15, -0.1) is 10.2 Å². The minimum Gasteiger partial charge on any atom is -0.507 e. The summed E-state index contributed by atoms with van der Waals surface area (Å²) in [7, 11) is 2.00. The van der Waals surface area contributed by atoms with Crippen molar-refractivity contribution >= 4 is 5.82 Å². The van der Waals surface area contributed by atoms with Crippen molar-refractivity contribution in [2.45, 2.75) is 12.5 Å². The van der Waals surface area contributed by atoms with Crippen LogP contribution in [0.25, 0.3) is 17.1 Å². The van der Waals surface area contributed by atoms with Crippen LogP contribution in [-0.2, 0) is 0 Å². The Balaban J connectivity index is 1.57. The van der Waals surface area contributed by atoms with Crippen molar-refractivity contribution in [2.75, 3.05) is 25.0 Å². The van der Waals surface area contributed by atoms with Crippen LogP contribution in [0.15, 0.2) is 43.1 Å². The molecule has 128 valence electrons. The topological polar surface area (TPSA) is 92.0 Å². The maximum absolute atomic E-state index is 10.3. The van der Waals surface area contributed by atoms with Gasteiger partial charge in [-0.1, -0.05) is 0 Å². The Morgan fingerprint density at radius 2 is 2.24 bits per heavy atom. The van der Waals surface area contributed by atoms with E-state index in [1.54, 1.807) is 30.9 Å².